The van der Waals surface area contributed by atoms with Gasteiger partial charge in [-0.2, -0.15) is 5.26 Å². The van der Waals surface area contributed by atoms with E-state index in [-0.39, 0.29) is 6.54 Å². The number of carbonyl (C=O) groups excluding carboxylic acids is 2. The Morgan fingerprint density at radius 2 is 1.56 bits per heavy atom. The third kappa shape index (κ3) is 7.14. The minimum atomic E-state index is -0.825. The predicted octanol–water partition coefficient (Wildman–Crippen LogP) is 4.99. The van der Waals surface area contributed by atoms with Crippen LogP contribution in [0.25, 0.3) is 0 Å². The second kappa shape index (κ2) is 7.87. The Morgan fingerprint density at radius 3 is 1.96 bits per heavy atom. The minimum Gasteiger partial charge on any atom is -0.443 e. The van der Waals surface area contributed by atoms with E-state index in [2.05, 4.69) is 22.0 Å². The predicted molar refractivity (Wildman–Crippen MR) is 96.9 cm³/mol. The zero-order valence-corrected chi connectivity index (χ0v) is 16.9. The maximum atomic E-state index is 12.5. The molecule has 0 aliphatic carbocycles. The van der Waals surface area contributed by atoms with E-state index in [1.54, 1.807) is 59.7 Å². The van der Waals surface area contributed by atoms with E-state index in [1.165, 1.54) is 0 Å². The maximum Gasteiger partial charge on any atom is 0.420 e. The third-order valence-electron chi connectivity index (χ3n) is 2.75. The first-order chi connectivity index (χ1) is 11.3. The smallest absolute Gasteiger partial charge is 0.420 e. The van der Waals surface area contributed by atoms with Crippen LogP contribution in [0.15, 0.2) is 22.7 Å². The van der Waals surface area contributed by atoms with Gasteiger partial charge in [-0.15, -0.1) is 0 Å². The van der Waals surface area contributed by atoms with E-state index >= 15 is 0 Å². The van der Waals surface area contributed by atoms with Crippen molar-refractivity contribution in [3.05, 3.63) is 33.8 Å². The summed E-state index contributed by atoms with van der Waals surface area (Å²) < 4.78 is 11.3. The molecule has 0 heterocycles. The van der Waals surface area contributed by atoms with E-state index < -0.39 is 23.4 Å². The van der Waals surface area contributed by atoms with Crippen molar-refractivity contribution >= 4 is 28.1 Å². The Balaban J connectivity index is 3.17. The van der Waals surface area contributed by atoms with Crippen molar-refractivity contribution < 1.29 is 19.1 Å². The molecule has 0 aliphatic heterocycles. The van der Waals surface area contributed by atoms with Crippen molar-refractivity contribution in [2.24, 2.45) is 0 Å². The molecule has 0 spiro atoms. The fourth-order valence-corrected chi connectivity index (χ4v) is 2.16. The van der Waals surface area contributed by atoms with Crippen LogP contribution < -0.4 is 0 Å². The molecular weight excluding hydrogens is 388 g/mol. The lowest BCUT2D eigenvalue weighted by molar-refractivity contribution is -0.000253. The van der Waals surface area contributed by atoms with Gasteiger partial charge in [0, 0.05) is 4.47 Å². The van der Waals surface area contributed by atoms with Gasteiger partial charge in [0.2, 0.25) is 0 Å². The number of hydrogen-bond acceptors (Lipinski definition) is 5. The van der Waals surface area contributed by atoms with Crippen LogP contribution in [0, 0.1) is 11.3 Å². The highest BCUT2D eigenvalue weighted by atomic mass is 79.9. The van der Waals surface area contributed by atoms with Gasteiger partial charge >= 0.3 is 12.2 Å². The van der Waals surface area contributed by atoms with Gasteiger partial charge in [-0.25, -0.2) is 14.5 Å². The summed E-state index contributed by atoms with van der Waals surface area (Å²) in [5, 5.41) is 9.28. The van der Waals surface area contributed by atoms with Crippen LogP contribution in [-0.4, -0.2) is 28.3 Å². The molecule has 0 saturated carbocycles. The van der Waals surface area contributed by atoms with E-state index in [1.807, 2.05) is 0 Å². The standard InChI is InChI=1S/C18H23BrN2O4/c1-17(2,3)24-15(22)21(16(23)25-18(4,5)6)11-12-7-8-14(19)9-13(12)10-20/h7-9H,11H2,1-6H3. The van der Waals surface area contributed by atoms with E-state index in [4.69, 9.17) is 9.47 Å². The van der Waals surface area contributed by atoms with Crippen LogP contribution in [-0.2, 0) is 16.0 Å². The topological polar surface area (TPSA) is 79.6 Å². The highest BCUT2D eigenvalue weighted by molar-refractivity contribution is 9.10. The average molecular weight is 411 g/mol. The van der Waals surface area contributed by atoms with Crippen molar-refractivity contribution in [1.82, 2.24) is 4.90 Å². The average Bonchev–Trinajstić information content (AvgIpc) is 2.41. The molecule has 0 unspecified atom stereocenters. The molecule has 0 atom stereocenters. The first kappa shape index (κ1) is 21.0. The molecular formula is C18H23BrN2O4. The zero-order chi connectivity index (χ0) is 19.4. The summed E-state index contributed by atoms with van der Waals surface area (Å²) in [7, 11) is 0. The molecule has 25 heavy (non-hydrogen) atoms. The van der Waals surface area contributed by atoms with Crippen LogP contribution >= 0.6 is 15.9 Å². The highest BCUT2D eigenvalue weighted by Gasteiger charge is 2.31. The van der Waals surface area contributed by atoms with Crippen LogP contribution in [0.1, 0.15) is 52.7 Å². The lowest BCUT2D eigenvalue weighted by Crippen LogP contribution is -2.43. The molecule has 0 saturated heterocycles. The molecule has 0 radical (unpaired) electrons. The Hall–Kier alpha value is -2.07. The molecule has 1 rings (SSSR count). The normalized spacial score (nSPS) is 11.4. The van der Waals surface area contributed by atoms with Crippen molar-refractivity contribution in [1.29, 1.82) is 5.26 Å². The number of nitriles is 1. The van der Waals surface area contributed by atoms with Gasteiger partial charge in [0.15, 0.2) is 0 Å². The lowest BCUT2D eigenvalue weighted by atomic mass is 10.1. The molecule has 0 aliphatic rings. The van der Waals surface area contributed by atoms with Gasteiger partial charge in [-0.1, -0.05) is 22.0 Å². The molecule has 0 N–H and O–H groups in total. The van der Waals surface area contributed by atoms with Gasteiger partial charge in [0.05, 0.1) is 18.2 Å². The van der Waals surface area contributed by atoms with Gasteiger partial charge in [-0.3, -0.25) is 0 Å². The summed E-state index contributed by atoms with van der Waals surface area (Å²) in [5.41, 5.74) is -0.668. The first-order valence-electron chi connectivity index (χ1n) is 7.74. The number of nitrogens with zero attached hydrogens (tertiary/aromatic N) is 2. The summed E-state index contributed by atoms with van der Waals surface area (Å²) in [5.74, 6) is 0. The Labute approximate surface area is 156 Å². The quantitative estimate of drug-likeness (QED) is 0.685. The van der Waals surface area contributed by atoms with Gasteiger partial charge in [0.25, 0.3) is 0 Å². The van der Waals surface area contributed by atoms with Gasteiger partial charge in [-0.05, 0) is 59.2 Å². The molecule has 1 aromatic rings. The number of ether oxygens (including phenoxy) is 2. The van der Waals surface area contributed by atoms with Crippen molar-refractivity contribution in [3.8, 4) is 6.07 Å². The second-order valence-corrected chi connectivity index (χ2v) is 8.38. The number of benzene rings is 1. The fourth-order valence-electron chi connectivity index (χ4n) is 1.80. The molecule has 0 bridgehead atoms. The van der Waals surface area contributed by atoms with Crippen LogP contribution in [0.4, 0.5) is 9.59 Å². The molecule has 2 amide bonds. The van der Waals surface area contributed by atoms with Crippen LogP contribution in [0.3, 0.4) is 0 Å². The van der Waals surface area contributed by atoms with Crippen molar-refractivity contribution in [2.75, 3.05) is 0 Å². The van der Waals surface area contributed by atoms with Crippen molar-refractivity contribution in [2.45, 2.75) is 59.3 Å². The van der Waals surface area contributed by atoms with Gasteiger partial charge < -0.3 is 9.47 Å². The highest BCUT2D eigenvalue weighted by Crippen LogP contribution is 2.21. The summed E-state index contributed by atoms with van der Waals surface area (Å²) >= 11 is 3.29. The number of amides is 2. The van der Waals surface area contributed by atoms with Crippen molar-refractivity contribution in [3.63, 3.8) is 0 Å². The first-order valence-corrected chi connectivity index (χ1v) is 8.54. The second-order valence-electron chi connectivity index (χ2n) is 7.46. The summed E-state index contributed by atoms with van der Waals surface area (Å²) in [6, 6.07) is 7.08. The zero-order valence-electron chi connectivity index (χ0n) is 15.3. The lowest BCUT2D eigenvalue weighted by Gasteiger charge is -2.28. The van der Waals surface area contributed by atoms with Crippen LogP contribution in [0.2, 0.25) is 0 Å². The number of carbonyl (C=O) groups is 2. The molecule has 6 nitrogen and oxygen atoms in total. The van der Waals surface area contributed by atoms with E-state index in [0.29, 0.717) is 11.1 Å². The Kier molecular flexibility index (Phi) is 6.61. The Bertz CT molecular complexity index is 668. The SMILES string of the molecule is CC(C)(C)OC(=O)N(Cc1ccc(Br)cc1C#N)C(=O)OC(C)(C)C. The number of hydrogen-bond donors (Lipinski definition) is 0. The van der Waals surface area contributed by atoms with E-state index in [0.717, 1.165) is 9.37 Å². The minimum absolute atomic E-state index is 0.125. The molecule has 136 valence electrons. The van der Waals surface area contributed by atoms with E-state index in [9.17, 15) is 14.9 Å². The fraction of sp³-hybridized carbons (Fsp3) is 0.500. The maximum absolute atomic E-state index is 12.5. The molecule has 7 heteroatoms. The molecule has 1 aromatic carbocycles. The third-order valence-corrected chi connectivity index (χ3v) is 3.24. The summed E-state index contributed by atoms with van der Waals surface area (Å²) in [6.45, 7) is 10.1. The largest absolute Gasteiger partial charge is 0.443 e. The Morgan fingerprint density at radius 1 is 1.08 bits per heavy atom. The molecule has 0 fully saturated rings. The van der Waals surface area contributed by atoms with Gasteiger partial charge in [0.1, 0.15) is 11.2 Å². The number of imide groups is 1. The summed E-state index contributed by atoms with van der Waals surface area (Å²) in [6.07, 6.45) is -1.65. The monoisotopic (exact) mass is 410 g/mol. The van der Waals surface area contributed by atoms with Crippen LogP contribution in [0.5, 0.6) is 0 Å². The number of halogens is 1. The number of rotatable bonds is 2. The summed E-state index contributed by atoms with van der Waals surface area (Å²) in [4.78, 5) is 25.8. The molecule has 0 aromatic heterocycles.